The number of carbonyl (C=O) groups is 4. The molecule has 0 aliphatic carbocycles. The van der Waals surface area contributed by atoms with Gasteiger partial charge in [0.1, 0.15) is 12.1 Å². The molecule has 0 aromatic heterocycles. The third kappa shape index (κ3) is 12.0. The van der Waals surface area contributed by atoms with Crippen LogP contribution in [0.3, 0.4) is 0 Å². The van der Waals surface area contributed by atoms with E-state index in [1.807, 2.05) is 71.9 Å². The van der Waals surface area contributed by atoms with Crippen LogP contribution in [0.15, 0.2) is 30.3 Å². The number of hydrogen-bond donors (Lipinski definition) is 5. The maximum absolute atomic E-state index is 13.2. The molecule has 4 unspecified atom stereocenters. The van der Waals surface area contributed by atoms with Crippen molar-refractivity contribution in [1.29, 1.82) is 0 Å². The van der Waals surface area contributed by atoms with Gasteiger partial charge in [-0.15, -0.1) is 0 Å². The van der Waals surface area contributed by atoms with Crippen LogP contribution in [0.1, 0.15) is 61.0 Å². The molecule has 0 fully saturated rings. The zero-order chi connectivity index (χ0) is 29.0. The lowest BCUT2D eigenvalue weighted by Gasteiger charge is -2.33. The molecule has 0 bridgehead atoms. The first-order valence-electron chi connectivity index (χ1n) is 13.3. The SMILES string of the molecule is CC(=O)NC(C(=O)NC(Cc1ccccc1)C(O)CN(CC(C)C)NC(=O)C(NC(C)=O)C(C)C)C(C)C. The predicted molar refractivity (Wildman–Crippen MR) is 148 cm³/mol. The number of carbonyl (C=O) groups excluding carboxylic acids is 4. The lowest BCUT2D eigenvalue weighted by molar-refractivity contribution is -0.134. The lowest BCUT2D eigenvalue weighted by atomic mass is 9.98. The fourth-order valence-electron chi connectivity index (χ4n) is 4.12. The first-order chi connectivity index (χ1) is 17.7. The molecule has 38 heavy (non-hydrogen) atoms. The summed E-state index contributed by atoms with van der Waals surface area (Å²) in [6.07, 6.45) is -0.704. The first-order valence-corrected chi connectivity index (χ1v) is 13.3. The van der Waals surface area contributed by atoms with Crippen LogP contribution >= 0.6 is 0 Å². The van der Waals surface area contributed by atoms with E-state index in [4.69, 9.17) is 0 Å². The van der Waals surface area contributed by atoms with E-state index >= 15 is 0 Å². The van der Waals surface area contributed by atoms with E-state index in [0.717, 1.165) is 5.56 Å². The number of amides is 4. The molecule has 10 heteroatoms. The molecule has 1 rings (SSSR count). The van der Waals surface area contributed by atoms with Gasteiger partial charge >= 0.3 is 0 Å². The zero-order valence-electron chi connectivity index (χ0n) is 24.1. The van der Waals surface area contributed by atoms with Crippen LogP contribution in [-0.4, -0.2) is 71.1 Å². The Morgan fingerprint density at radius 2 is 1.26 bits per heavy atom. The molecule has 0 aliphatic heterocycles. The number of hydrazine groups is 1. The summed E-state index contributed by atoms with van der Waals surface area (Å²) >= 11 is 0. The van der Waals surface area contributed by atoms with Crippen molar-refractivity contribution in [2.45, 2.75) is 86.0 Å². The van der Waals surface area contributed by atoms with E-state index < -0.39 is 24.2 Å². The summed E-state index contributed by atoms with van der Waals surface area (Å²) in [7, 11) is 0. The summed E-state index contributed by atoms with van der Waals surface area (Å²) in [5.41, 5.74) is 3.77. The topological polar surface area (TPSA) is 140 Å². The maximum Gasteiger partial charge on any atom is 0.257 e. The molecule has 0 radical (unpaired) electrons. The highest BCUT2D eigenvalue weighted by Crippen LogP contribution is 2.11. The van der Waals surface area contributed by atoms with E-state index in [0.29, 0.717) is 13.0 Å². The first kappa shape index (κ1) is 33.0. The van der Waals surface area contributed by atoms with Gasteiger partial charge in [0, 0.05) is 26.9 Å². The lowest BCUT2D eigenvalue weighted by Crippen LogP contribution is -2.59. The monoisotopic (exact) mass is 533 g/mol. The van der Waals surface area contributed by atoms with E-state index in [1.165, 1.54) is 13.8 Å². The van der Waals surface area contributed by atoms with Crippen LogP contribution in [0, 0.1) is 17.8 Å². The molecule has 10 nitrogen and oxygen atoms in total. The average Bonchev–Trinajstić information content (AvgIpc) is 2.79. The quantitative estimate of drug-likeness (QED) is 0.216. The number of nitrogens with one attached hydrogen (secondary N) is 4. The van der Waals surface area contributed by atoms with Gasteiger partial charge in [-0.25, -0.2) is 5.01 Å². The van der Waals surface area contributed by atoms with E-state index in [-0.39, 0.29) is 47.9 Å². The highest BCUT2D eigenvalue weighted by atomic mass is 16.3. The number of rotatable bonds is 15. The fraction of sp³-hybridized carbons (Fsp3) is 0.643. The number of benzene rings is 1. The normalized spacial score (nSPS) is 14.7. The molecule has 4 atom stereocenters. The third-order valence-electron chi connectivity index (χ3n) is 5.97. The second-order valence-electron chi connectivity index (χ2n) is 11.0. The summed E-state index contributed by atoms with van der Waals surface area (Å²) in [4.78, 5) is 49.5. The number of aliphatic hydroxyl groups excluding tert-OH is 1. The zero-order valence-corrected chi connectivity index (χ0v) is 24.1. The second-order valence-corrected chi connectivity index (χ2v) is 11.0. The number of nitrogens with zero attached hydrogens (tertiary/aromatic N) is 1. The van der Waals surface area contributed by atoms with E-state index in [2.05, 4.69) is 21.4 Å². The van der Waals surface area contributed by atoms with Crippen molar-refractivity contribution >= 4 is 23.6 Å². The van der Waals surface area contributed by atoms with Crippen molar-refractivity contribution < 1.29 is 24.3 Å². The van der Waals surface area contributed by atoms with Crippen molar-refractivity contribution in [3.63, 3.8) is 0 Å². The summed E-state index contributed by atoms with van der Waals surface area (Å²) < 4.78 is 0. The molecular weight excluding hydrogens is 486 g/mol. The molecule has 0 spiro atoms. The Hall–Kier alpha value is -2.98. The minimum atomic E-state index is -1.05. The second kappa shape index (κ2) is 16.1. The van der Waals surface area contributed by atoms with Crippen LogP contribution in [0.4, 0.5) is 0 Å². The van der Waals surface area contributed by atoms with Gasteiger partial charge in [0.2, 0.25) is 17.7 Å². The van der Waals surface area contributed by atoms with Crippen LogP contribution in [0.25, 0.3) is 0 Å². The van der Waals surface area contributed by atoms with Crippen LogP contribution in [0.5, 0.6) is 0 Å². The van der Waals surface area contributed by atoms with Gasteiger partial charge in [-0.2, -0.15) is 0 Å². The van der Waals surface area contributed by atoms with Gasteiger partial charge in [0.15, 0.2) is 0 Å². The molecule has 0 heterocycles. The highest BCUT2D eigenvalue weighted by Gasteiger charge is 2.31. The number of aliphatic hydroxyl groups is 1. The highest BCUT2D eigenvalue weighted by molar-refractivity contribution is 5.87. The summed E-state index contributed by atoms with van der Waals surface area (Å²) in [6.45, 7) is 14.5. The van der Waals surface area contributed by atoms with Crippen molar-refractivity contribution in [3.8, 4) is 0 Å². The van der Waals surface area contributed by atoms with Gasteiger partial charge in [0.25, 0.3) is 5.91 Å². The smallest absolute Gasteiger partial charge is 0.257 e. The largest absolute Gasteiger partial charge is 0.390 e. The Labute approximate surface area is 227 Å². The molecule has 4 amide bonds. The molecule has 1 aromatic carbocycles. The Kier molecular flexibility index (Phi) is 14.0. The van der Waals surface area contributed by atoms with Crippen LogP contribution in [-0.2, 0) is 25.6 Å². The van der Waals surface area contributed by atoms with Crippen molar-refractivity contribution in [3.05, 3.63) is 35.9 Å². The van der Waals surface area contributed by atoms with Gasteiger partial charge in [0.05, 0.1) is 12.1 Å². The molecule has 0 saturated carbocycles. The summed E-state index contributed by atoms with van der Waals surface area (Å²) in [5.74, 6) is -1.53. The predicted octanol–water partition coefficient (Wildman–Crippen LogP) is 1.39. The van der Waals surface area contributed by atoms with Gasteiger partial charge in [-0.1, -0.05) is 71.9 Å². The number of hydrogen-bond acceptors (Lipinski definition) is 6. The van der Waals surface area contributed by atoms with Crippen molar-refractivity contribution in [1.82, 2.24) is 26.4 Å². The van der Waals surface area contributed by atoms with Crippen LogP contribution in [0.2, 0.25) is 0 Å². The van der Waals surface area contributed by atoms with Crippen LogP contribution < -0.4 is 21.4 Å². The van der Waals surface area contributed by atoms with E-state index in [1.54, 1.807) is 5.01 Å². The molecule has 1 aromatic rings. The van der Waals surface area contributed by atoms with Crippen molar-refractivity contribution in [2.75, 3.05) is 13.1 Å². The fourth-order valence-corrected chi connectivity index (χ4v) is 4.12. The Morgan fingerprint density at radius 3 is 1.71 bits per heavy atom. The molecular formula is C28H47N5O5. The van der Waals surface area contributed by atoms with E-state index in [9.17, 15) is 24.3 Å². The molecule has 214 valence electrons. The van der Waals surface area contributed by atoms with Gasteiger partial charge < -0.3 is 21.1 Å². The molecule has 5 N–H and O–H groups in total. The van der Waals surface area contributed by atoms with Crippen molar-refractivity contribution in [2.24, 2.45) is 17.8 Å². The minimum absolute atomic E-state index is 0.0407. The Balaban J connectivity index is 3.17. The molecule has 0 aliphatic rings. The van der Waals surface area contributed by atoms with Gasteiger partial charge in [-0.05, 0) is 29.7 Å². The van der Waals surface area contributed by atoms with Gasteiger partial charge in [-0.3, -0.25) is 24.6 Å². The standard InChI is InChI=1S/C28H47N5O5/c1-17(2)15-33(32-28(38)26(19(5)6)30-21(8)35)16-24(36)23(14-22-12-10-9-11-13-22)31-27(37)25(18(3)4)29-20(7)34/h9-13,17-19,23-26,36H,14-16H2,1-8H3,(H,29,34)(H,30,35)(H,31,37)(H,32,38). The third-order valence-corrected chi connectivity index (χ3v) is 5.97. The summed E-state index contributed by atoms with van der Waals surface area (Å²) in [6, 6.07) is 7.30. The average molecular weight is 534 g/mol. The molecule has 0 saturated heterocycles. The maximum atomic E-state index is 13.2. The Bertz CT molecular complexity index is 906. The minimum Gasteiger partial charge on any atom is -0.390 e. The summed E-state index contributed by atoms with van der Waals surface area (Å²) in [5, 5.41) is 21.3. The Morgan fingerprint density at radius 1 is 0.763 bits per heavy atom.